The number of anilines is 2. The van der Waals surface area contributed by atoms with Crippen molar-refractivity contribution in [2.24, 2.45) is 0 Å². The van der Waals surface area contributed by atoms with Crippen LogP contribution in [0.25, 0.3) is 0 Å². The van der Waals surface area contributed by atoms with E-state index in [0.717, 1.165) is 17.8 Å². The SMILES string of the molecule is Cc1ccc(N)cc1NC(=O)CCN(C)C1CC1. The quantitative estimate of drug-likeness (QED) is 0.782. The first-order chi connectivity index (χ1) is 8.56. The van der Waals surface area contributed by atoms with E-state index in [1.165, 1.54) is 12.8 Å². The van der Waals surface area contributed by atoms with Gasteiger partial charge in [0.15, 0.2) is 0 Å². The van der Waals surface area contributed by atoms with Crippen molar-refractivity contribution in [3.63, 3.8) is 0 Å². The molecule has 1 saturated carbocycles. The molecule has 2 rings (SSSR count). The van der Waals surface area contributed by atoms with Gasteiger partial charge in [-0.3, -0.25) is 4.79 Å². The van der Waals surface area contributed by atoms with Gasteiger partial charge in [-0.15, -0.1) is 0 Å². The molecule has 4 heteroatoms. The fourth-order valence-corrected chi connectivity index (χ4v) is 1.96. The van der Waals surface area contributed by atoms with Crippen LogP contribution in [0.1, 0.15) is 24.8 Å². The summed E-state index contributed by atoms with van der Waals surface area (Å²) in [7, 11) is 2.08. The van der Waals surface area contributed by atoms with Gasteiger partial charge in [-0.25, -0.2) is 0 Å². The minimum absolute atomic E-state index is 0.0520. The predicted molar refractivity (Wildman–Crippen MR) is 74.5 cm³/mol. The number of hydrogen-bond acceptors (Lipinski definition) is 3. The van der Waals surface area contributed by atoms with Gasteiger partial charge in [0.25, 0.3) is 0 Å². The lowest BCUT2D eigenvalue weighted by Gasteiger charge is -2.15. The van der Waals surface area contributed by atoms with E-state index in [9.17, 15) is 4.79 Å². The Balaban J connectivity index is 1.84. The molecule has 0 radical (unpaired) electrons. The Bertz CT molecular complexity index is 441. The van der Waals surface area contributed by atoms with Crippen molar-refractivity contribution in [2.45, 2.75) is 32.2 Å². The number of benzene rings is 1. The molecule has 98 valence electrons. The van der Waals surface area contributed by atoms with Crippen LogP contribution in [0.3, 0.4) is 0 Å². The summed E-state index contributed by atoms with van der Waals surface area (Å²) in [5, 5.41) is 2.92. The van der Waals surface area contributed by atoms with Crippen LogP contribution in [0.2, 0.25) is 0 Å². The maximum Gasteiger partial charge on any atom is 0.225 e. The molecule has 1 aliphatic rings. The predicted octanol–water partition coefficient (Wildman–Crippen LogP) is 2.00. The topological polar surface area (TPSA) is 58.4 Å². The molecule has 1 aromatic carbocycles. The Kier molecular flexibility index (Phi) is 3.87. The van der Waals surface area contributed by atoms with Crippen LogP contribution in [-0.4, -0.2) is 30.4 Å². The van der Waals surface area contributed by atoms with Crippen molar-refractivity contribution in [2.75, 3.05) is 24.6 Å². The van der Waals surface area contributed by atoms with Gasteiger partial charge in [-0.05, 0) is 44.5 Å². The van der Waals surface area contributed by atoms with Crippen LogP contribution < -0.4 is 11.1 Å². The first-order valence-electron chi connectivity index (χ1n) is 6.42. The normalized spacial score (nSPS) is 14.8. The number of nitrogens with one attached hydrogen (secondary N) is 1. The molecule has 0 aromatic heterocycles. The van der Waals surface area contributed by atoms with Gasteiger partial charge in [0.1, 0.15) is 0 Å². The molecule has 0 aliphatic heterocycles. The molecule has 0 atom stereocenters. The Morgan fingerprint density at radius 3 is 2.89 bits per heavy atom. The zero-order valence-electron chi connectivity index (χ0n) is 11.1. The van der Waals surface area contributed by atoms with Gasteiger partial charge in [0.05, 0.1) is 0 Å². The van der Waals surface area contributed by atoms with Gasteiger partial charge < -0.3 is 16.0 Å². The van der Waals surface area contributed by atoms with E-state index in [1.807, 2.05) is 19.1 Å². The Morgan fingerprint density at radius 2 is 2.22 bits per heavy atom. The van der Waals surface area contributed by atoms with Crippen molar-refractivity contribution in [3.8, 4) is 0 Å². The number of nitrogens with zero attached hydrogens (tertiary/aromatic N) is 1. The average molecular weight is 247 g/mol. The standard InChI is InChI=1S/C14H21N3O/c1-10-3-4-11(15)9-13(10)16-14(18)7-8-17(2)12-5-6-12/h3-4,9,12H,5-8,15H2,1-2H3,(H,16,18). The molecule has 0 bridgehead atoms. The Hall–Kier alpha value is -1.55. The first-order valence-corrected chi connectivity index (χ1v) is 6.42. The molecule has 0 heterocycles. The van der Waals surface area contributed by atoms with Crippen LogP contribution in [0.5, 0.6) is 0 Å². The molecule has 0 unspecified atom stereocenters. The molecule has 3 N–H and O–H groups in total. The highest BCUT2D eigenvalue weighted by Crippen LogP contribution is 2.25. The average Bonchev–Trinajstić information content (AvgIpc) is 3.15. The second kappa shape index (κ2) is 5.40. The van der Waals surface area contributed by atoms with Gasteiger partial charge in [-0.1, -0.05) is 6.07 Å². The molecular formula is C14H21N3O. The van der Waals surface area contributed by atoms with Gasteiger partial charge in [-0.2, -0.15) is 0 Å². The summed E-state index contributed by atoms with van der Waals surface area (Å²) in [6.07, 6.45) is 3.07. The highest BCUT2D eigenvalue weighted by atomic mass is 16.1. The summed E-state index contributed by atoms with van der Waals surface area (Å²) in [6, 6.07) is 6.26. The second-order valence-electron chi connectivity index (χ2n) is 5.08. The highest BCUT2D eigenvalue weighted by Gasteiger charge is 2.25. The lowest BCUT2D eigenvalue weighted by Crippen LogP contribution is -2.26. The number of carbonyl (C=O) groups excluding carboxylic acids is 1. The smallest absolute Gasteiger partial charge is 0.225 e. The summed E-state index contributed by atoms with van der Waals surface area (Å²) >= 11 is 0. The van der Waals surface area contributed by atoms with Crippen LogP contribution in [-0.2, 0) is 4.79 Å². The second-order valence-corrected chi connectivity index (χ2v) is 5.08. The fraction of sp³-hybridized carbons (Fsp3) is 0.500. The Labute approximate surface area is 108 Å². The number of nitrogen functional groups attached to an aromatic ring is 1. The van der Waals surface area contributed by atoms with E-state index in [4.69, 9.17) is 5.73 Å². The summed E-state index contributed by atoms with van der Waals surface area (Å²) < 4.78 is 0. The van der Waals surface area contributed by atoms with Crippen molar-refractivity contribution in [1.29, 1.82) is 0 Å². The lowest BCUT2D eigenvalue weighted by atomic mass is 10.2. The zero-order chi connectivity index (χ0) is 13.1. The molecule has 1 aromatic rings. The van der Waals surface area contributed by atoms with Crippen molar-refractivity contribution >= 4 is 17.3 Å². The molecule has 1 fully saturated rings. The van der Waals surface area contributed by atoms with Crippen LogP contribution in [0.15, 0.2) is 18.2 Å². The first kappa shape index (κ1) is 12.9. The van der Waals surface area contributed by atoms with Crippen LogP contribution in [0, 0.1) is 6.92 Å². The number of nitrogens with two attached hydrogens (primary N) is 1. The molecule has 1 amide bonds. The Morgan fingerprint density at radius 1 is 1.50 bits per heavy atom. The van der Waals surface area contributed by atoms with E-state index >= 15 is 0 Å². The number of aryl methyl sites for hydroxylation is 1. The highest BCUT2D eigenvalue weighted by molar-refractivity contribution is 5.92. The number of carbonyl (C=O) groups is 1. The monoisotopic (exact) mass is 247 g/mol. The van der Waals surface area contributed by atoms with E-state index in [0.29, 0.717) is 18.2 Å². The van der Waals surface area contributed by atoms with Crippen molar-refractivity contribution in [1.82, 2.24) is 4.90 Å². The summed E-state index contributed by atoms with van der Waals surface area (Å²) in [4.78, 5) is 14.1. The maximum atomic E-state index is 11.8. The number of amides is 1. The molecular weight excluding hydrogens is 226 g/mol. The minimum atomic E-state index is 0.0520. The third-order valence-electron chi connectivity index (χ3n) is 3.40. The van der Waals surface area contributed by atoms with Crippen LogP contribution >= 0.6 is 0 Å². The van der Waals surface area contributed by atoms with Crippen LogP contribution in [0.4, 0.5) is 11.4 Å². The van der Waals surface area contributed by atoms with Crippen molar-refractivity contribution < 1.29 is 4.79 Å². The van der Waals surface area contributed by atoms with E-state index in [2.05, 4.69) is 17.3 Å². The minimum Gasteiger partial charge on any atom is -0.399 e. The molecule has 0 spiro atoms. The van der Waals surface area contributed by atoms with Gasteiger partial charge in [0.2, 0.25) is 5.91 Å². The largest absolute Gasteiger partial charge is 0.399 e. The summed E-state index contributed by atoms with van der Waals surface area (Å²) in [5.74, 6) is 0.0520. The molecule has 0 saturated heterocycles. The third-order valence-corrected chi connectivity index (χ3v) is 3.40. The van der Waals surface area contributed by atoms with Gasteiger partial charge >= 0.3 is 0 Å². The van der Waals surface area contributed by atoms with E-state index in [1.54, 1.807) is 6.07 Å². The van der Waals surface area contributed by atoms with E-state index < -0.39 is 0 Å². The molecule has 4 nitrogen and oxygen atoms in total. The molecule has 1 aliphatic carbocycles. The maximum absolute atomic E-state index is 11.8. The van der Waals surface area contributed by atoms with E-state index in [-0.39, 0.29) is 5.91 Å². The van der Waals surface area contributed by atoms with Crippen molar-refractivity contribution in [3.05, 3.63) is 23.8 Å². The molecule has 18 heavy (non-hydrogen) atoms. The number of rotatable bonds is 5. The number of hydrogen-bond donors (Lipinski definition) is 2. The third kappa shape index (κ3) is 3.47. The zero-order valence-corrected chi connectivity index (χ0v) is 11.1. The van der Waals surface area contributed by atoms with Gasteiger partial charge in [0, 0.05) is 30.4 Å². The fourth-order valence-electron chi connectivity index (χ4n) is 1.96. The summed E-state index contributed by atoms with van der Waals surface area (Å²) in [6.45, 7) is 2.78. The summed E-state index contributed by atoms with van der Waals surface area (Å²) in [5.41, 5.74) is 8.24. The lowest BCUT2D eigenvalue weighted by molar-refractivity contribution is -0.116.